The molecule has 9 heteroatoms. The molecular formula is C19H20FN3O4S. The molecule has 2 aromatic rings. The van der Waals surface area contributed by atoms with Crippen molar-refractivity contribution in [2.75, 3.05) is 16.8 Å². The van der Waals surface area contributed by atoms with Crippen LogP contribution in [0.1, 0.15) is 22.3 Å². The van der Waals surface area contributed by atoms with Crippen LogP contribution in [0.15, 0.2) is 48.5 Å². The van der Waals surface area contributed by atoms with Gasteiger partial charge in [-0.1, -0.05) is 12.1 Å². The van der Waals surface area contributed by atoms with Crippen LogP contribution >= 0.6 is 0 Å². The lowest BCUT2D eigenvalue weighted by Crippen LogP contribution is -2.38. The summed E-state index contributed by atoms with van der Waals surface area (Å²) in [5.41, 5.74) is 1.67. The summed E-state index contributed by atoms with van der Waals surface area (Å²) in [5, 5.41) is 7.97. The Bertz CT molecular complexity index is 960. The number of hydrogen-bond acceptors (Lipinski definition) is 4. The summed E-state index contributed by atoms with van der Waals surface area (Å²) in [4.78, 5) is 24.1. The standard InChI is InChI=1S/C19H20FN3O4S/c20-15-5-1-13(2-6-15)11-21-18(24)14-3-7-16(8-4-14)22-19(25)23-17-9-10-28(26,27)12-17/h1-8,17H,9-12H2,(H,21,24)(H2,22,23,25)/t17-/m0/s1. The van der Waals surface area contributed by atoms with E-state index in [9.17, 15) is 22.4 Å². The first-order valence-electron chi connectivity index (χ1n) is 8.71. The van der Waals surface area contributed by atoms with E-state index in [-0.39, 0.29) is 35.8 Å². The lowest BCUT2D eigenvalue weighted by molar-refractivity contribution is 0.0951. The Morgan fingerprint density at radius 3 is 2.32 bits per heavy atom. The maximum absolute atomic E-state index is 12.9. The van der Waals surface area contributed by atoms with Gasteiger partial charge in [-0.05, 0) is 48.4 Å². The van der Waals surface area contributed by atoms with Crippen LogP contribution in [-0.2, 0) is 16.4 Å². The van der Waals surface area contributed by atoms with Crippen molar-refractivity contribution in [2.45, 2.75) is 19.0 Å². The number of nitrogens with one attached hydrogen (secondary N) is 3. The summed E-state index contributed by atoms with van der Waals surface area (Å²) in [6.45, 7) is 0.270. The molecule has 1 aliphatic rings. The number of anilines is 1. The van der Waals surface area contributed by atoms with E-state index in [1.165, 1.54) is 12.1 Å². The smallest absolute Gasteiger partial charge is 0.319 e. The van der Waals surface area contributed by atoms with Crippen molar-refractivity contribution in [3.8, 4) is 0 Å². The number of sulfone groups is 1. The van der Waals surface area contributed by atoms with E-state index >= 15 is 0 Å². The molecule has 0 bridgehead atoms. The van der Waals surface area contributed by atoms with E-state index in [1.807, 2.05) is 0 Å². The molecule has 3 amide bonds. The molecule has 0 saturated carbocycles. The Balaban J connectivity index is 1.49. The summed E-state index contributed by atoms with van der Waals surface area (Å²) < 4.78 is 35.7. The first kappa shape index (κ1) is 19.8. The molecule has 1 heterocycles. The number of carbonyl (C=O) groups is 2. The van der Waals surface area contributed by atoms with Gasteiger partial charge in [-0.15, -0.1) is 0 Å². The van der Waals surface area contributed by atoms with Gasteiger partial charge in [0.2, 0.25) is 0 Å². The molecule has 1 fully saturated rings. The molecule has 7 nitrogen and oxygen atoms in total. The second kappa shape index (κ2) is 8.39. The van der Waals surface area contributed by atoms with Crippen LogP contribution in [-0.4, -0.2) is 37.9 Å². The van der Waals surface area contributed by atoms with Crippen LogP contribution in [0, 0.1) is 5.82 Å². The zero-order valence-electron chi connectivity index (χ0n) is 14.9. The molecule has 1 aliphatic heterocycles. The van der Waals surface area contributed by atoms with Crippen LogP contribution < -0.4 is 16.0 Å². The highest BCUT2D eigenvalue weighted by molar-refractivity contribution is 7.91. The fourth-order valence-electron chi connectivity index (χ4n) is 2.85. The number of carbonyl (C=O) groups excluding carboxylic acids is 2. The molecular weight excluding hydrogens is 385 g/mol. The highest BCUT2D eigenvalue weighted by Crippen LogP contribution is 2.13. The van der Waals surface area contributed by atoms with Gasteiger partial charge in [-0.25, -0.2) is 17.6 Å². The Kier molecular flexibility index (Phi) is 5.93. The third-order valence-electron chi connectivity index (χ3n) is 4.34. The second-order valence-corrected chi connectivity index (χ2v) is 8.81. The highest BCUT2D eigenvalue weighted by Gasteiger charge is 2.28. The van der Waals surface area contributed by atoms with Crippen molar-refractivity contribution < 1.29 is 22.4 Å². The van der Waals surface area contributed by atoms with Gasteiger partial charge in [0.25, 0.3) is 5.91 Å². The van der Waals surface area contributed by atoms with Crippen molar-refractivity contribution >= 4 is 27.5 Å². The van der Waals surface area contributed by atoms with Crippen LogP contribution in [0.3, 0.4) is 0 Å². The Morgan fingerprint density at radius 2 is 1.71 bits per heavy atom. The number of rotatable bonds is 5. The van der Waals surface area contributed by atoms with Crippen LogP contribution in [0.25, 0.3) is 0 Å². The molecule has 3 rings (SSSR count). The summed E-state index contributed by atoms with van der Waals surface area (Å²) in [6, 6.07) is 11.3. The topological polar surface area (TPSA) is 104 Å². The summed E-state index contributed by atoms with van der Waals surface area (Å²) in [6.07, 6.45) is 0.406. The lowest BCUT2D eigenvalue weighted by atomic mass is 10.1. The molecule has 1 saturated heterocycles. The first-order valence-corrected chi connectivity index (χ1v) is 10.5. The summed E-state index contributed by atoms with van der Waals surface area (Å²) >= 11 is 0. The Hall–Kier alpha value is -2.94. The minimum atomic E-state index is -3.06. The number of urea groups is 1. The van der Waals surface area contributed by atoms with E-state index < -0.39 is 15.9 Å². The molecule has 0 aromatic heterocycles. The van der Waals surface area contributed by atoms with Gasteiger partial charge in [0.05, 0.1) is 11.5 Å². The fourth-order valence-corrected chi connectivity index (χ4v) is 4.53. The Morgan fingerprint density at radius 1 is 1.04 bits per heavy atom. The molecule has 148 valence electrons. The minimum Gasteiger partial charge on any atom is -0.348 e. The predicted octanol–water partition coefficient (Wildman–Crippen LogP) is 2.06. The fraction of sp³-hybridized carbons (Fsp3) is 0.263. The van der Waals surface area contributed by atoms with Gasteiger partial charge >= 0.3 is 6.03 Å². The van der Waals surface area contributed by atoms with Crippen molar-refractivity contribution in [1.29, 1.82) is 0 Å². The average Bonchev–Trinajstić information content (AvgIpc) is 2.99. The van der Waals surface area contributed by atoms with Crippen molar-refractivity contribution in [3.63, 3.8) is 0 Å². The summed E-state index contributed by atoms with van der Waals surface area (Å²) in [7, 11) is -3.06. The third kappa shape index (κ3) is 5.53. The third-order valence-corrected chi connectivity index (χ3v) is 6.11. The zero-order chi connectivity index (χ0) is 20.1. The van der Waals surface area contributed by atoms with Gasteiger partial charge in [-0.2, -0.15) is 0 Å². The largest absolute Gasteiger partial charge is 0.348 e. The maximum atomic E-state index is 12.9. The monoisotopic (exact) mass is 405 g/mol. The van der Waals surface area contributed by atoms with Gasteiger partial charge < -0.3 is 16.0 Å². The highest BCUT2D eigenvalue weighted by atomic mass is 32.2. The predicted molar refractivity (Wildman–Crippen MR) is 103 cm³/mol. The Labute approximate surface area is 162 Å². The minimum absolute atomic E-state index is 0.0480. The number of amides is 3. The molecule has 0 spiro atoms. The van der Waals surface area contributed by atoms with E-state index in [2.05, 4.69) is 16.0 Å². The van der Waals surface area contributed by atoms with E-state index in [4.69, 9.17) is 0 Å². The van der Waals surface area contributed by atoms with Crippen molar-refractivity contribution in [2.24, 2.45) is 0 Å². The van der Waals surface area contributed by atoms with Crippen LogP contribution in [0.2, 0.25) is 0 Å². The maximum Gasteiger partial charge on any atom is 0.319 e. The van der Waals surface area contributed by atoms with Gasteiger partial charge in [0.1, 0.15) is 5.82 Å². The second-order valence-electron chi connectivity index (χ2n) is 6.58. The molecule has 0 radical (unpaired) electrons. The van der Waals surface area contributed by atoms with E-state index in [0.29, 0.717) is 17.7 Å². The van der Waals surface area contributed by atoms with Crippen molar-refractivity contribution in [1.82, 2.24) is 10.6 Å². The van der Waals surface area contributed by atoms with Crippen LogP contribution in [0.4, 0.5) is 14.9 Å². The zero-order valence-corrected chi connectivity index (χ0v) is 15.8. The number of benzene rings is 2. The molecule has 1 atom stereocenters. The number of halogens is 1. The van der Waals surface area contributed by atoms with E-state index in [0.717, 1.165) is 5.56 Å². The molecule has 0 unspecified atom stereocenters. The molecule has 28 heavy (non-hydrogen) atoms. The van der Waals surface area contributed by atoms with E-state index in [1.54, 1.807) is 36.4 Å². The average molecular weight is 405 g/mol. The molecule has 3 N–H and O–H groups in total. The van der Waals surface area contributed by atoms with Gasteiger partial charge in [0.15, 0.2) is 9.84 Å². The van der Waals surface area contributed by atoms with Gasteiger partial charge in [-0.3, -0.25) is 4.79 Å². The SMILES string of the molecule is O=C(Nc1ccc(C(=O)NCc2ccc(F)cc2)cc1)N[C@H]1CCS(=O)(=O)C1. The molecule has 0 aliphatic carbocycles. The lowest BCUT2D eigenvalue weighted by Gasteiger charge is -2.12. The van der Waals surface area contributed by atoms with Gasteiger partial charge in [0, 0.05) is 23.8 Å². The molecule has 2 aromatic carbocycles. The summed E-state index contributed by atoms with van der Waals surface area (Å²) in [5.74, 6) is -0.596. The number of hydrogen-bond donors (Lipinski definition) is 3. The van der Waals surface area contributed by atoms with Crippen molar-refractivity contribution in [3.05, 3.63) is 65.5 Å². The quantitative estimate of drug-likeness (QED) is 0.708. The first-order chi connectivity index (χ1) is 13.3. The normalized spacial score (nSPS) is 17.7. The van der Waals surface area contributed by atoms with Crippen LogP contribution in [0.5, 0.6) is 0 Å².